The Bertz CT molecular complexity index is 566. The van der Waals surface area contributed by atoms with Crippen molar-refractivity contribution in [3.63, 3.8) is 0 Å². The van der Waals surface area contributed by atoms with Gasteiger partial charge in [-0.25, -0.2) is 0 Å². The number of benzene rings is 1. The topological polar surface area (TPSA) is 66.5 Å². The SMILES string of the molecule is CC1(C)C(=O)NC(=O)CN1CC(=O)c1ccc(I)cc1. The maximum Gasteiger partial charge on any atom is 0.246 e. The van der Waals surface area contributed by atoms with Gasteiger partial charge in [0, 0.05) is 9.13 Å². The van der Waals surface area contributed by atoms with Crippen LogP contribution in [0.25, 0.3) is 0 Å². The van der Waals surface area contributed by atoms with E-state index >= 15 is 0 Å². The van der Waals surface area contributed by atoms with Gasteiger partial charge in [0.05, 0.1) is 18.6 Å². The van der Waals surface area contributed by atoms with Crippen molar-refractivity contribution in [3.8, 4) is 0 Å². The molecule has 5 nitrogen and oxygen atoms in total. The number of piperazine rings is 1. The molecule has 2 amide bonds. The molecule has 0 radical (unpaired) electrons. The van der Waals surface area contributed by atoms with Crippen molar-refractivity contribution in [3.05, 3.63) is 33.4 Å². The van der Waals surface area contributed by atoms with Gasteiger partial charge in [0.1, 0.15) is 0 Å². The lowest BCUT2D eigenvalue weighted by Gasteiger charge is -2.39. The van der Waals surface area contributed by atoms with Crippen molar-refractivity contribution in [2.75, 3.05) is 13.1 Å². The fourth-order valence-electron chi connectivity index (χ4n) is 1.99. The summed E-state index contributed by atoms with van der Waals surface area (Å²) in [5, 5.41) is 2.29. The maximum absolute atomic E-state index is 12.2. The zero-order chi connectivity index (χ0) is 14.9. The van der Waals surface area contributed by atoms with Crippen LogP contribution in [0.1, 0.15) is 24.2 Å². The normalized spacial score (nSPS) is 18.8. The van der Waals surface area contributed by atoms with Crippen LogP contribution >= 0.6 is 22.6 Å². The summed E-state index contributed by atoms with van der Waals surface area (Å²) in [5.74, 6) is -0.842. The van der Waals surface area contributed by atoms with Gasteiger partial charge in [0.25, 0.3) is 0 Å². The molecule has 0 aliphatic carbocycles. The van der Waals surface area contributed by atoms with E-state index in [1.54, 1.807) is 30.9 Å². The Hall–Kier alpha value is -1.28. The molecule has 1 fully saturated rings. The summed E-state index contributed by atoms with van der Waals surface area (Å²) in [6.07, 6.45) is 0. The van der Waals surface area contributed by atoms with Crippen LogP contribution in [0.2, 0.25) is 0 Å². The fourth-order valence-corrected chi connectivity index (χ4v) is 2.35. The van der Waals surface area contributed by atoms with Gasteiger partial charge in [-0.15, -0.1) is 0 Å². The van der Waals surface area contributed by atoms with Gasteiger partial charge in [-0.3, -0.25) is 24.6 Å². The lowest BCUT2D eigenvalue weighted by molar-refractivity contribution is -0.144. The Morgan fingerprint density at radius 2 is 1.90 bits per heavy atom. The molecule has 1 N–H and O–H groups in total. The molecule has 20 heavy (non-hydrogen) atoms. The number of amides is 2. The maximum atomic E-state index is 12.2. The van der Waals surface area contributed by atoms with Crippen LogP contribution in [0.3, 0.4) is 0 Å². The van der Waals surface area contributed by atoms with Crippen molar-refractivity contribution in [1.82, 2.24) is 10.2 Å². The first-order valence-electron chi connectivity index (χ1n) is 6.19. The van der Waals surface area contributed by atoms with Crippen LogP contribution in [-0.4, -0.2) is 41.1 Å². The van der Waals surface area contributed by atoms with E-state index in [1.165, 1.54) is 0 Å². The van der Waals surface area contributed by atoms with Crippen molar-refractivity contribution in [2.45, 2.75) is 19.4 Å². The van der Waals surface area contributed by atoms with Gasteiger partial charge < -0.3 is 0 Å². The summed E-state index contributed by atoms with van der Waals surface area (Å²) < 4.78 is 1.05. The number of carbonyl (C=O) groups is 3. The highest BCUT2D eigenvalue weighted by molar-refractivity contribution is 14.1. The van der Waals surface area contributed by atoms with Gasteiger partial charge in [-0.2, -0.15) is 0 Å². The average Bonchev–Trinajstić information content (AvgIpc) is 2.36. The summed E-state index contributed by atoms with van der Waals surface area (Å²) >= 11 is 2.17. The van der Waals surface area contributed by atoms with Crippen molar-refractivity contribution in [1.29, 1.82) is 0 Å². The highest BCUT2D eigenvalue weighted by Crippen LogP contribution is 2.19. The van der Waals surface area contributed by atoms with E-state index in [4.69, 9.17) is 0 Å². The second-order valence-corrected chi connectivity index (χ2v) is 6.47. The van der Waals surface area contributed by atoms with Crippen molar-refractivity contribution >= 4 is 40.2 Å². The number of Topliss-reactive ketones (excluding diaryl/α,β-unsaturated/α-hetero) is 1. The highest BCUT2D eigenvalue weighted by atomic mass is 127. The summed E-state index contributed by atoms with van der Waals surface area (Å²) in [7, 11) is 0. The van der Waals surface area contributed by atoms with Gasteiger partial charge >= 0.3 is 0 Å². The number of halogens is 1. The predicted octanol–water partition coefficient (Wildman–Crippen LogP) is 1.21. The van der Waals surface area contributed by atoms with E-state index in [0.29, 0.717) is 5.56 Å². The summed E-state index contributed by atoms with van der Waals surface area (Å²) in [6.45, 7) is 3.51. The third-order valence-corrected chi connectivity index (χ3v) is 4.15. The van der Waals surface area contributed by atoms with E-state index < -0.39 is 5.54 Å². The number of ketones is 1. The van der Waals surface area contributed by atoms with E-state index in [9.17, 15) is 14.4 Å². The number of imide groups is 1. The predicted molar refractivity (Wildman–Crippen MR) is 82.3 cm³/mol. The molecule has 0 unspecified atom stereocenters. The minimum Gasteiger partial charge on any atom is -0.294 e. The summed E-state index contributed by atoms with van der Waals surface area (Å²) in [6, 6.07) is 7.21. The molecule has 1 aliphatic heterocycles. The molecule has 1 saturated heterocycles. The van der Waals surface area contributed by atoms with Gasteiger partial charge in [-0.05, 0) is 48.6 Å². The highest BCUT2D eigenvalue weighted by Gasteiger charge is 2.41. The third-order valence-electron chi connectivity index (χ3n) is 3.43. The minimum absolute atomic E-state index is 0.0484. The monoisotopic (exact) mass is 386 g/mol. The van der Waals surface area contributed by atoms with Crippen LogP contribution < -0.4 is 5.32 Å². The number of rotatable bonds is 3. The number of nitrogens with zero attached hydrogens (tertiary/aromatic N) is 1. The molecule has 0 aromatic heterocycles. The average molecular weight is 386 g/mol. The molecule has 0 atom stereocenters. The van der Waals surface area contributed by atoms with Crippen molar-refractivity contribution < 1.29 is 14.4 Å². The van der Waals surface area contributed by atoms with E-state index in [2.05, 4.69) is 27.9 Å². The molecular weight excluding hydrogens is 371 g/mol. The molecule has 0 bridgehead atoms. The Morgan fingerprint density at radius 3 is 2.50 bits per heavy atom. The molecule has 6 heteroatoms. The standard InChI is InChI=1S/C14H15IN2O3/c1-14(2)13(20)16-12(19)8-17(14)7-11(18)9-3-5-10(15)6-4-9/h3-6H,7-8H2,1-2H3,(H,16,19,20). The largest absolute Gasteiger partial charge is 0.294 e. The third kappa shape index (κ3) is 3.06. The Kier molecular flexibility index (Phi) is 4.24. The Morgan fingerprint density at radius 1 is 1.30 bits per heavy atom. The van der Waals surface area contributed by atoms with Crippen LogP contribution in [-0.2, 0) is 9.59 Å². The Balaban J connectivity index is 2.15. The van der Waals surface area contributed by atoms with E-state index in [1.807, 2.05) is 12.1 Å². The summed E-state index contributed by atoms with van der Waals surface area (Å²) in [4.78, 5) is 37.1. The molecule has 0 spiro atoms. The lowest BCUT2D eigenvalue weighted by Crippen LogP contribution is -2.64. The van der Waals surface area contributed by atoms with Crippen LogP contribution in [0, 0.1) is 3.57 Å². The first-order chi connectivity index (χ1) is 9.30. The van der Waals surface area contributed by atoms with Gasteiger partial charge in [0.15, 0.2) is 5.78 Å². The Labute approximate surface area is 130 Å². The number of hydrogen-bond donors (Lipinski definition) is 1. The molecule has 1 aromatic rings. The quantitative estimate of drug-likeness (QED) is 0.482. The second kappa shape index (κ2) is 5.61. The molecule has 1 aliphatic rings. The van der Waals surface area contributed by atoms with E-state index in [0.717, 1.165) is 3.57 Å². The second-order valence-electron chi connectivity index (χ2n) is 5.22. The zero-order valence-electron chi connectivity index (χ0n) is 11.3. The van der Waals surface area contributed by atoms with Crippen LogP contribution in [0.15, 0.2) is 24.3 Å². The van der Waals surface area contributed by atoms with Gasteiger partial charge in [-0.1, -0.05) is 12.1 Å². The van der Waals surface area contributed by atoms with Gasteiger partial charge in [0.2, 0.25) is 11.8 Å². The molecule has 1 aromatic carbocycles. The zero-order valence-corrected chi connectivity index (χ0v) is 13.4. The van der Waals surface area contributed by atoms with Crippen LogP contribution in [0.5, 0.6) is 0 Å². The lowest BCUT2D eigenvalue weighted by atomic mass is 9.97. The molecule has 106 valence electrons. The molecule has 0 saturated carbocycles. The molecular formula is C14H15IN2O3. The van der Waals surface area contributed by atoms with Crippen LogP contribution in [0.4, 0.5) is 0 Å². The number of carbonyl (C=O) groups excluding carboxylic acids is 3. The first kappa shape index (κ1) is 15.1. The van der Waals surface area contributed by atoms with E-state index in [-0.39, 0.29) is 30.7 Å². The number of nitrogens with one attached hydrogen (secondary N) is 1. The fraction of sp³-hybridized carbons (Fsp3) is 0.357. The minimum atomic E-state index is -0.868. The molecule has 1 heterocycles. The molecule has 2 rings (SSSR count). The first-order valence-corrected chi connectivity index (χ1v) is 7.26. The summed E-state index contributed by atoms with van der Waals surface area (Å²) in [5.41, 5.74) is -0.285. The van der Waals surface area contributed by atoms with Crippen molar-refractivity contribution in [2.24, 2.45) is 0 Å². The smallest absolute Gasteiger partial charge is 0.246 e. The number of hydrogen-bond acceptors (Lipinski definition) is 4.